The highest BCUT2D eigenvalue weighted by atomic mass is 35.5. The third-order valence-electron chi connectivity index (χ3n) is 2.27. The third-order valence-corrected chi connectivity index (χ3v) is 2.27. The maximum absolute atomic E-state index is 5.96. The zero-order valence-corrected chi connectivity index (χ0v) is 10.1. The topological polar surface area (TPSA) is 44.5 Å². The smallest absolute Gasteiger partial charge is 0.165 e. The number of halogens is 1. The van der Waals surface area contributed by atoms with E-state index in [2.05, 4.69) is 0 Å². The third kappa shape index (κ3) is 3.01. The molecule has 2 N–H and O–H groups in total. The Kier molecular flexibility index (Phi) is 6.13. The van der Waals surface area contributed by atoms with Crippen molar-refractivity contribution in [2.75, 3.05) is 14.2 Å². The second kappa shape index (κ2) is 6.53. The van der Waals surface area contributed by atoms with E-state index in [1.807, 2.05) is 25.1 Å². The maximum atomic E-state index is 5.96. The van der Waals surface area contributed by atoms with Crippen molar-refractivity contribution in [2.24, 2.45) is 5.73 Å². The number of rotatable bonds is 4. The fraction of sp³-hybridized carbons (Fsp3) is 0.455. The van der Waals surface area contributed by atoms with Gasteiger partial charge in [-0.2, -0.15) is 0 Å². The summed E-state index contributed by atoms with van der Waals surface area (Å²) < 4.78 is 10.5. The van der Waals surface area contributed by atoms with Gasteiger partial charge in [-0.1, -0.05) is 19.1 Å². The lowest BCUT2D eigenvalue weighted by Crippen LogP contribution is -2.10. The van der Waals surface area contributed by atoms with E-state index < -0.39 is 0 Å². The summed E-state index contributed by atoms with van der Waals surface area (Å²) in [6.45, 7) is 2.05. The molecule has 1 rings (SSSR count). The molecule has 1 aromatic carbocycles. The van der Waals surface area contributed by atoms with Gasteiger partial charge >= 0.3 is 0 Å². The van der Waals surface area contributed by atoms with E-state index >= 15 is 0 Å². The van der Waals surface area contributed by atoms with Gasteiger partial charge in [0.25, 0.3) is 0 Å². The van der Waals surface area contributed by atoms with E-state index in [0.717, 1.165) is 23.5 Å². The Labute approximate surface area is 97.0 Å². The van der Waals surface area contributed by atoms with Crippen LogP contribution in [0.4, 0.5) is 0 Å². The van der Waals surface area contributed by atoms with Crippen LogP contribution in [0.5, 0.6) is 11.5 Å². The second-order valence-corrected chi connectivity index (χ2v) is 3.10. The monoisotopic (exact) mass is 231 g/mol. The molecule has 0 spiro atoms. The van der Waals surface area contributed by atoms with Crippen LogP contribution < -0.4 is 15.2 Å². The zero-order valence-electron chi connectivity index (χ0n) is 9.32. The Morgan fingerprint density at radius 1 is 1.27 bits per heavy atom. The molecule has 15 heavy (non-hydrogen) atoms. The first kappa shape index (κ1) is 14.1. The number of nitrogens with two attached hydrogens (primary N) is 1. The number of hydrogen-bond acceptors (Lipinski definition) is 3. The lowest BCUT2D eigenvalue weighted by atomic mass is 10.0. The van der Waals surface area contributed by atoms with Crippen LogP contribution in [-0.4, -0.2) is 14.2 Å². The molecule has 0 aliphatic heterocycles. The second-order valence-electron chi connectivity index (χ2n) is 3.10. The Hall–Kier alpha value is -0.930. The molecule has 86 valence electrons. The van der Waals surface area contributed by atoms with Gasteiger partial charge < -0.3 is 15.2 Å². The first-order valence-corrected chi connectivity index (χ1v) is 4.71. The predicted molar refractivity (Wildman–Crippen MR) is 64.0 cm³/mol. The molecule has 0 unspecified atom stereocenters. The minimum atomic E-state index is 0. The number of benzene rings is 1. The highest BCUT2D eigenvalue weighted by molar-refractivity contribution is 5.85. The summed E-state index contributed by atoms with van der Waals surface area (Å²) in [5.41, 5.74) is 6.95. The van der Waals surface area contributed by atoms with Crippen LogP contribution >= 0.6 is 12.4 Å². The Morgan fingerprint density at radius 3 is 2.40 bits per heavy atom. The molecule has 0 heterocycles. The zero-order chi connectivity index (χ0) is 10.6. The van der Waals surface area contributed by atoms with E-state index in [9.17, 15) is 0 Å². The van der Waals surface area contributed by atoms with Gasteiger partial charge in [-0.05, 0) is 12.5 Å². The molecule has 0 radical (unpaired) electrons. The molecule has 0 aliphatic carbocycles. The normalized spacial score (nSPS) is 11.5. The Morgan fingerprint density at radius 2 is 1.93 bits per heavy atom. The highest BCUT2D eigenvalue weighted by Gasteiger charge is 2.13. The van der Waals surface area contributed by atoms with Crippen LogP contribution in [0.25, 0.3) is 0 Å². The van der Waals surface area contributed by atoms with Crippen molar-refractivity contribution in [1.82, 2.24) is 0 Å². The van der Waals surface area contributed by atoms with Gasteiger partial charge in [-0.3, -0.25) is 0 Å². The summed E-state index contributed by atoms with van der Waals surface area (Å²) in [5, 5.41) is 0. The van der Waals surface area contributed by atoms with Crippen molar-refractivity contribution in [3.05, 3.63) is 23.8 Å². The van der Waals surface area contributed by atoms with Gasteiger partial charge in [-0.15, -0.1) is 12.4 Å². The van der Waals surface area contributed by atoms with Gasteiger partial charge in [0.15, 0.2) is 11.5 Å². The average molecular weight is 232 g/mol. The van der Waals surface area contributed by atoms with Crippen molar-refractivity contribution in [3.8, 4) is 11.5 Å². The molecular formula is C11H18ClNO2. The van der Waals surface area contributed by atoms with Crippen molar-refractivity contribution >= 4 is 12.4 Å². The number of methoxy groups -OCH3 is 2. The van der Waals surface area contributed by atoms with E-state index in [-0.39, 0.29) is 18.4 Å². The summed E-state index contributed by atoms with van der Waals surface area (Å²) in [5.74, 6) is 1.47. The highest BCUT2D eigenvalue weighted by Crippen LogP contribution is 2.34. The molecule has 0 fully saturated rings. The largest absolute Gasteiger partial charge is 0.493 e. The van der Waals surface area contributed by atoms with Crippen LogP contribution in [0.2, 0.25) is 0 Å². The van der Waals surface area contributed by atoms with Crippen molar-refractivity contribution in [3.63, 3.8) is 0 Å². The van der Waals surface area contributed by atoms with Crippen LogP contribution in [0, 0.1) is 0 Å². The number of hydrogen-bond donors (Lipinski definition) is 1. The average Bonchev–Trinajstić information content (AvgIpc) is 2.26. The van der Waals surface area contributed by atoms with Gasteiger partial charge in [0.1, 0.15) is 0 Å². The molecule has 0 aromatic heterocycles. The molecule has 0 aliphatic rings. The first-order chi connectivity index (χ1) is 6.74. The molecule has 1 atom stereocenters. The molecule has 0 amide bonds. The van der Waals surface area contributed by atoms with Crippen molar-refractivity contribution < 1.29 is 9.47 Å². The minimum Gasteiger partial charge on any atom is -0.493 e. The van der Waals surface area contributed by atoms with Crippen molar-refractivity contribution in [2.45, 2.75) is 19.4 Å². The fourth-order valence-electron chi connectivity index (χ4n) is 1.42. The van der Waals surface area contributed by atoms with Crippen molar-refractivity contribution in [1.29, 1.82) is 0 Å². The maximum Gasteiger partial charge on any atom is 0.165 e. The number of para-hydroxylation sites is 1. The van der Waals surface area contributed by atoms with E-state index in [0.29, 0.717) is 0 Å². The summed E-state index contributed by atoms with van der Waals surface area (Å²) in [6.07, 6.45) is 0.878. The van der Waals surface area contributed by atoms with Crippen LogP contribution in [0.15, 0.2) is 18.2 Å². The van der Waals surface area contributed by atoms with Crippen LogP contribution in [-0.2, 0) is 0 Å². The predicted octanol–water partition coefficient (Wildman–Crippen LogP) is 2.54. The molecule has 1 aromatic rings. The molecule has 0 bridgehead atoms. The van der Waals surface area contributed by atoms with E-state index in [4.69, 9.17) is 15.2 Å². The summed E-state index contributed by atoms with van der Waals surface area (Å²) in [7, 11) is 3.25. The Bertz CT molecular complexity index is 305. The first-order valence-electron chi connectivity index (χ1n) is 4.71. The summed E-state index contributed by atoms with van der Waals surface area (Å²) >= 11 is 0. The fourth-order valence-corrected chi connectivity index (χ4v) is 1.42. The SMILES string of the molecule is CC[C@@H](N)c1cccc(OC)c1OC.Cl. The summed E-state index contributed by atoms with van der Waals surface area (Å²) in [4.78, 5) is 0. The lowest BCUT2D eigenvalue weighted by Gasteiger charge is -2.16. The van der Waals surface area contributed by atoms with Gasteiger partial charge in [-0.25, -0.2) is 0 Å². The molecule has 4 heteroatoms. The van der Waals surface area contributed by atoms with E-state index in [1.165, 1.54) is 0 Å². The molecule has 0 saturated heterocycles. The quantitative estimate of drug-likeness (QED) is 0.866. The van der Waals surface area contributed by atoms with Gasteiger partial charge in [0.05, 0.1) is 14.2 Å². The number of ether oxygens (including phenoxy) is 2. The molecule has 3 nitrogen and oxygen atoms in total. The molecular weight excluding hydrogens is 214 g/mol. The molecule has 0 saturated carbocycles. The Balaban J connectivity index is 0.00000196. The van der Waals surface area contributed by atoms with E-state index in [1.54, 1.807) is 14.2 Å². The lowest BCUT2D eigenvalue weighted by molar-refractivity contribution is 0.349. The van der Waals surface area contributed by atoms with Crippen LogP contribution in [0.1, 0.15) is 24.9 Å². The minimum absolute atomic E-state index is 0. The van der Waals surface area contributed by atoms with Gasteiger partial charge in [0, 0.05) is 11.6 Å². The summed E-state index contributed by atoms with van der Waals surface area (Å²) in [6, 6.07) is 5.76. The van der Waals surface area contributed by atoms with Crippen LogP contribution in [0.3, 0.4) is 0 Å². The van der Waals surface area contributed by atoms with Gasteiger partial charge in [0.2, 0.25) is 0 Å². The standard InChI is InChI=1S/C11H17NO2.ClH/c1-4-9(12)8-6-5-7-10(13-2)11(8)14-3;/h5-7,9H,4,12H2,1-3H3;1H/t9-;/m1./s1.